The summed E-state index contributed by atoms with van der Waals surface area (Å²) in [6.45, 7) is 3.61. The van der Waals surface area contributed by atoms with Gasteiger partial charge in [0.05, 0.1) is 6.10 Å². The molecule has 0 saturated heterocycles. The largest absolute Gasteiger partial charge is 0.411 e. The fourth-order valence-electron chi connectivity index (χ4n) is 0.836. The SMILES string of the molecule is C=CCC(CCC=NO)OC. The summed E-state index contributed by atoms with van der Waals surface area (Å²) in [5.41, 5.74) is 0. The maximum absolute atomic E-state index is 8.09. The second-order valence-corrected chi connectivity index (χ2v) is 2.26. The van der Waals surface area contributed by atoms with Gasteiger partial charge in [-0.15, -0.1) is 11.7 Å². The van der Waals surface area contributed by atoms with E-state index in [9.17, 15) is 0 Å². The van der Waals surface area contributed by atoms with Crippen molar-refractivity contribution >= 4 is 6.21 Å². The topological polar surface area (TPSA) is 41.8 Å². The molecule has 0 radical (unpaired) electrons. The normalized spacial score (nSPS) is 13.5. The van der Waals surface area contributed by atoms with E-state index in [1.54, 1.807) is 7.11 Å². The van der Waals surface area contributed by atoms with E-state index >= 15 is 0 Å². The lowest BCUT2D eigenvalue weighted by Crippen LogP contribution is -2.08. The van der Waals surface area contributed by atoms with Gasteiger partial charge in [-0.1, -0.05) is 6.08 Å². The van der Waals surface area contributed by atoms with E-state index in [4.69, 9.17) is 9.94 Å². The molecular weight excluding hydrogens is 142 g/mol. The summed E-state index contributed by atoms with van der Waals surface area (Å²) >= 11 is 0. The molecule has 0 bridgehead atoms. The Hall–Kier alpha value is -0.830. The summed E-state index contributed by atoms with van der Waals surface area (Å²) in [5.74, 6) is 0. The third-order valence-electron chi connectivity index (χ3n) is 1.46. The predicted octanol–water partition coefficient (Wildman–Crippen LogP) is 1.82. The molecular formula is C8H15NO2. The fourth-order valence-corrected chi connectivity index (χ4v) is 0.836. The fraction of sp³-hybridized carbons (Fsp3) is 0.625. The highest BCUT2D eigenvalue weighted by Crippen LogP contribution is 2.04. The Bertz CT molecular complexity index is 123. The summed E-state index contributed by atoms with van der Waals surface area (Å²) in [6, 6.07) is 0. The van der Waals surface area contributed by atoms with Crippen molar-refractivity contribution in [1.29, 1.82) is 0 Å². The smallest absolute Gasteiger partial charge is 0.0609 e. The van der Waals surface area contributed by atoms with E-state index < -0.39 is 0 Å². The number of hydrogen-bond donors (Lipinski definition) is 1. The summed E-state index contributed by atoms with van der Waals surface area (Å²) < 4.78 is 5.12. The lowest BCUT2D eigenvalue weighted by atomic mass is 10.1. The molecule has 0 aromatic heterocycles. The molecule has 0 fully saturated rings. The molecule has 3 heteroatoms. The van der Waals surface area contributed by atoms with E-state index in [0.29, 0.717) is 0 Å². The second-order valence-electron chi connectivity index (χ2n) is 2.26. The molecule has 0 aromatic carbocycles. The van der Waals surface area contributed by atoms with Crippen LogP contribution in [0.1, 0.15) is 19.3 Å². The average molecular weight is 157 g/mol. The van der Waals surface area contributed by atoms with Gasteiger partial charge in [-0.3, -0.25) is 0 Å². The maximum atomic E-state index is 8.09. The molecule has 0 aromatic rings. The van der Waals surface area contributed by atoms with Crippen LogP contribution in [0.4, 0.5) is 0 Å². The number of ether oxygens (including phenoxy) is 1. The van der Waals surface area contributed by atoms with Crippen LogP contribution in [0.15, 0.2) is 17.8 Å². The molecule has 0 aliphatic rings. The van der Waals surface area contributed by atoms with Crippen LogP contribution in [-0.4, -0.2) is 24.6 Å². The minimum absolute atomic E-state index is 0.200. The second kappa shape index (κ2) is 7.28. The first-order valence-electron chi connectivity index (χ1n) is 3.64. The molecule has 0 spiro atoms. The van der Waals surface area contributed by atoms with Crippen molar-refractivity contribution < 1.29 is 9.94 Å². The molecule has 0 aliphatic carbocycles. The number of nitrogens with zero attached hydrogens (tertiary/aromatic N) is 1. The van der Waals surface area contributed by atoms with E-state index in [-0.39, 0.29) is 6.10 Å². The van der Waals surface area contributed by atoms with Gasteiger partial charge in [-0.25, -0.2) is 0 Å². The Morgan fingerprint density at radius 3 is 2.91 bits per heavy atom. The number of oxime groups is 1. The Labute approximate surface area is 67.4 Å². The molecule has 1 atom stereocenters. The number of hydrogen-bond acceptors (Lipinski definition) is 3. The van der Waals surface area contributed by atoms with Crippen LogP contribution in [0.3, 0.4) is 0 Å². The molecule has 0 rings (SSSR count). The molecule has 1 unspecified atom stereocenters. The number of methoxy groups -OCH3 is 1. The molecule has 0 amide bonds. The monoisotopic (exact) mass is 157 g/mol. The third kappa shape index (κ3) is 5.61. The molecule has 11 heavy (non-hydrogen) atoms. The summed E-state index contributed by atoms with van der Waals surface area (Å²) in [4.78, 5) is 0. The standard InChI is InChI=1S/C8H15NO2/c1-3-5-8(11-2)6-4-7-9-10/h3,7-8,10H,1,4-6H2,2H3. The van der Waals surface area contributed by atoms with Gasteiger partial charge in [0, 0.05) is 13.3 Å². The molecule has 64 valence electrons. The highest BCUT2D eigenvalue weighted by atomic mass is 16.5. The minimum Gasteiger partial charge on any atom is -0.411 e. The lowest BCUT2D eigenvalue weighted by Gasteiger charge is -2.10. The minimum atomic E-state index is 0.200. The Balaban J connectivity index is 3.42. The van der Waals surface area contributed by atoms with E-state index in [0.717, 1.165) is 19.3 Å². The van der Waals surface area contributed by atoms with Crippen LogP contribution in [0.2, 0.25) is 0 Å². The van der Waals surface area contributed by atoms with Gasteiger partial charge in [0.2, 0.25) is 0 Å². The van der Waals surface area contributed by atoms with Crippen molar-refractivity contribution in [3.8, 4) is 0 Å². The summed E-state index contributed by atoms with van der Waals surface area (Å²) in [6.07, 6.45) is 5.94. The average Bonchev–Trinajstić information content (AvgIpc) is 2.03. The molecule has 1 N–H and O–H groups in total. The van der Waals surface area contributed by atoms with E-state index in [1.807, 2.05) is 6.08 Å². The maximum Gasteiger partial charge on any atom is 0.0609 e. The Kier molecular flexibility index (Phi) is 6.73. The Morgan fingerprint density at radius 2 is 2.45 bits per heavy atom. The summed E-state index contributed by atoms with van der Waals surface area (Å²) in [5, 5.41) is 11.0. The van der Waals surface area contributed by atoms with Crippen molar-refractivity contribution in [1.82, 2.24) is 0 Å². The van der Waals surface area contributed by atoms with Crippen LogP contribution >= 0.6 is 0 Å². The lowest BCUT2D eigenvalue weighted by molar-refractivity contribution is 0.0997. The quantitative estimate of drug-likeness (QED) is 0.276. The zero-order valence-electron chi connectivity index (χ0n) is 6.86. The van der Waals surface area contributed by atoms with Gasteiger partial charge in [0.25, 0.3) is 0 Å². The number of rotatable bonds is 6. The highest BCUT2D eigenvalue weighted by molar-refractivity contribution is 5.55. The molecule has 0 aliphatic heterocycles. The zero-order valence-corrected chi connectivity index (χ0v) is 6.86. The van der Waals surface area contributed by atoms with Gasteiger partial charge in [0.1, 0.15) is 0 Å². The first kappa shape index (κ1) is 10.2. The zero-order chi connectivity index (χ0) is 8.53. The first-order chi connectivity index (χ1) is 5.35. The molecule has 0 heterocycles. The van der Waals surface area contributed by atoms with Crippen molar-refractivity contribution in [2.45, 2.75) is 25.4 Å². The van der Waals surface area contributed by atoms with Crippen LogP contribution < -0.4 is 0 Å². The van der Waals surface area contributed by atoms with Crippen LogP contribution in [0, 0.1) is 0 Å². The third-order valence-corrected chi connectivity index (χ3v) is 1.46. The van der Waals surface area contributed by atoms with Gasteiger partial charge in [-0.05, 0) is 19.3 Å². The van der Waals surface area contributed by atoms with Gasteiger partial charge >= 0.3 is 0 Å². The van der Waals surface area contributed by atoms with Crippen molar-refractivity contribution in [3.63, 3.8) is 0 Å². The van der Waals surface area contributed by atoms with Crippen LogP contribution in [-0.2, 0) is 4.74 Å². The molecule has 0 saturated carbocycles. The summed E-state index contributed by atoms with van der Waals surface area (Å²) in [7, 11) is 1.67. The van der Waals surface area contributed by atoms with Crippen molar-refractivity contribution in [3.05, 3.63) is 12.7 Å². The van der Waals surface area contributed by atoms with Crippen molar-refractivity contribution in [2.75, 3.05) is 7.11 Å². The Morgan fingerprint density at radius 1 is 1.73 bits per heavy atom. The van der Waals surface area contributed by atoms with Gasteiger partial charge in [-0.2, -0.15) is 0 Å². The van der Waals surface area contributed by atoms with Gasteiger partial charge in [0.15, 0.2) is 0 Å². The van der Waals surface area contributed by atoms with Crippen molar-refractivity contribution in [2.24, 2.45) is 5.16 Å². The van der Waals surface area contributed by atoms with Crippen LogP contribution in [0.25, 0.3) is 0 Å². The van der Waals surface area contributed by atoms with Gasteiger partial charge < -0.3 is 9.94 Å². The predicted molar refractivity (Wildman–Crippen MR) is 45.1 cm³/mol. The van der Waals surface area contributed by atoms with E-state index in [2.05, 4.69) is 11.7 Å². The molecule has 3 nitrogen and oxygen atoms in total. The van der Waals surface area contributed by atoms with E-state index in [1.165, 1.54) is 6.21 Å². The first-order valence-corrected chi connectivity index (χ1v) is 3.64. The van der Waals surface area contributed by atoms with Crippen LogP contribution in [0.5, 0.6) is 0 Å². The highest BCUT2D eigenvalue weighted by Gasteiger charge is 2.02.